The van der Waals surface area contributed by atoms with Gasteiger partial charge in [-0.3, -0.25) is 0 Å². The summed E-state index contributed by atoms with van der Waals surface area (Å²) < 4.78 is 27.0. The van der Waals surface area contributed by atoms with E-state index in [0.717, 1.165) is 30.5 Å². The Morgan fingerprint density at radius 1 is 1.32 bits per heavy atom. The first-order valence-corrected chi connectivity index (χ1v) is 8.28. The minimum absolute atomic E-state index is 0.356. The van der Waals surface area contributed by atoms with Gasteiger partial charge in [-0.05, 0) is 62.9 Å². The van der Waals surface area contributed by atoms with Crippen LogP contribution in [-0.2, 0) is 10.0 Å². The van der Waals surface area contributed by atoms with Gasteiger partial charge in [0.05, 0.1) is 4.90 Å². The third kappa shape index (κ3) is 3.78. The summed E-state index contributed by atoms with van der Waals surface area (Å²) in [6, 6.07) is 5.70. The Labute approximate surface area is 115 Å². The zero-order valence-electron chi connectivity index (χ0n) is 11.6. The van der Waals surface area contributed by atoms with Crippen LogP contribution >= 0.6 is 0 Å². The van der Waals surface area contributed by atoms with Crippen LogP contribution in [0, 0.1) is 13.8 Å². The summed E-state index contributed by atoms with van der Waals surface area (Å²) >= 11 is 0. The molecule has 1 fully saturated rings. The van der Waals surface area contributed by atoms with Crippen molar-refractivity contribution in [1.82, 2.24) is 10.0 Å². The normalized spacial score (nSPS) is 19.8. The van der Waals surface area contributed by atoms with Gasteiger partial charge in [-0.25, -0.2) is 13.1 Å². The number of rotatable bonds is 5. The predicted octanol–water partition coefficient (Wildman–Crippen LogP) is 1.72. The van der Waals surface area contributed by atoms with Gasteiger partial charge in [0.1, 0.15) is 0 Å². The molecule has 1 atom stereocenters. The highest BCUT2D eigenvalue weighted by molar-refractivity contribution is 7.89. The highest BCUT2D eigenvalue weighted by Gasteiger charge is 2.17. The lowest BCUT2D eigenvalue weighted by Gasteiger charge is -2.12. The van der Waals surface area contributed by atoms with E-state index < -0.39 is 10.0 Å². The summed E-state index contributed by atoms with van der Waals surface area (Å²) in [6.07, 6.45) is 3.18. The lowest BCUT2D eigenvalue weighted by atomic mass is 10.1. The molecular formula is C14H22N2O2S. The average Bonchev–Trinajstić information content (AvgIpc) is 2.85. The molecule has 0 unspecified atom stereocenters. The lowest BCUT2D eigenvalue weighted by Crippen LogP contribution is -2.30. The van der Waals surface area contributed by atoms with Crippen LogP contribution in [0.4, 0.5) is 0 Å². The van der Waals surface area contributed by atoms with Gasteiger partial charge in [-0.1, -0.05) is 6.07 Å². The van der Waals surface area contributed by atoms with E-state index in [1.807, 2.05) is 19.9 Å². The first-order chi connectivity index (χ1) is 8.99. The Morgan fingerprint density at radius 2 is 2.11 bits per heavy atom. The van der Waals surface area contributed by atoms with E-state index in [1.165, 1.54) is 6.42 Å². The third-order valence-electron chi connectivity index (χ3n) is 3.74. The largest absolute Gasteiger partial charge is 0.314 e. The number of hydrogen-bond acceptors (Lipinski definition) is 3. The summed E-state index contributed by atoms with van der Waals surface area (Å²) in [5, 5.41) is 3.36. The molecule has 0 bridgehead atoms. The standard InChI is InChI=1S/C14H22N2O2S/c1-11-5-6-14(10-12(11)2)19(17,18)16-9-7-13-4-3-8-15-13/h5-6,10,13,15-16H,3-4,7-9H2,1-2H3/t13-/m1/s1. The van der Waals surface area contributed by atoms with Gasteiger partial charge in [-0.15, -0.1) is 0 Å². The fraction of sp³-hybridized carbons (Fsp3) is 0.571. The van der Waals surface area contributed by atoms with Crippen molar-refractivity contribution in [3.8, 4) is 0 Å². The van der Waals surface area contributed by atoms with E-state index in [9.17, 15) is 8.42 Å². The van der Waals surface area contributed by atoms with E-state index in [0.29, 0.717) is 17.5 Å². The van der Waals surface area contributed by atoms with Crippen LogP contribution in [0.25, 0.3) is 0 Å². The van der Waals surface area contributed by atoms with E-state index >= 15 is 0 Å². The van der Waals surface area contributed by atoms with Crippen molar-refractivity contribution in [1.29, 1.82) is 0 Å². The van der Waals surface area contributed by atoms with Gasteiger partial charge in [0.15, 0.2) is 0 Å². The van der Waals surface area contributed by atoms with Crippen LogP contribution in [0.5, 0.6) is 0 Å². The molecule has 0 saturated carbocycles. The van der Waals surface area contributed by atoms with Crippen molar-refractivity contribution >= 4 is 10.0 Å². The maximum Gasteiger partial charge on any atom is 0.240 e. The summed E-state index contributed by atoms with van der Waals surface area (Å²) in [5.41, 5.74) is 2.11. The van der Waals surface area contributed by atoms with Crippen LogP contribution in [0.3, 0.4) is 0 Å². The van der Waals surface area contributed by atoms with Crippen molar-refractivity contribution in [2.75, 3.05) is 13.1 Å². The number of sulfonamides is 1. The van der Waals surface area contributed by atoms with Crippen molar-refractivity contribution in [3.05, 3.63) is 29.3 Å². The Bertz CT molecular complexity index is 534. The fourth-order valence-electron chi connectivity index (χ4n) is 2.34. The zero-order chi connectivity index (χ0) is 13.9. The van der Waals surface area contributed by atoms with Crippen molar-refractivity contribution in [2.45, 2.75) is 44.0 Å². The average molecular weight is 282 g/mol. The molecular weight excluding hydrogens is 260 g/mol. The molecule has 0 aromatic heterocycles. The highest BCUT2D eigenvalue weighted by atomic mass is 32.2. The van der Waals surface area contributed by atoms with Gasteiger partial charge < -0.3 is 5.32 Å². The molecule has 5 heteroatoms. The first-order valence-electron chi connectivity index (χ1n) is 6.79. The maximum absolute atomic E-state index is 12.1. The smallest absolute Gasteiger partial charge is 0.240 e. The maximum atomic E-state index is 12.1. The van der Waals surface area contributed by atoms with Gasteiger partial charge in [0.2, 0.25) is 10.0 Å². The molecule has 1 aliphatic rings. The van der Waals surface area contributed by atoms with Gasteiger partial charge in [0, 0.05) is 12.6 Å². The van der Waals surface area contributed by atoms with Crippen LogP contribution in [0.1, 0.15) is 30.4 Å². The van der Waals surface area contributed by atoms with Crippen molar-refractivity contribution in [3.63, 3.8) is 0 Å². The molecule has 19 heavy (non-hydrogen) atoms. The van der Waals surface area contributed by atoms with Crippen LogP contribution in [0.15, 0.2) is 23.1 Å². The summed E-state index contributed by atoms with van der Waals surface area (Å²) in [7, 11) is -3.37. The molecule has 0 aliphatic carbocycles. The minimum atomic E-state index is -3.37. The van der Waals surface area contributed by atoms with Crippen LogP contribution in [0.2, 0.25) is 0 Å². The minimum Gasteiger partial charge on any atom is -0.314 e. The Kier molecular flexibility index (Phi) is 4.60. The second kappa shape index (κ2) is 6.03. The second-order valence-corrected chi connectivity index (χ2v) is 6.99. The van der Waals surface area contributed by atoms with Gasteiger partial charge in [-0.2, -0.15) is 0 Å². The quantitative estimate of drug-likeness (QED) is 0.864. The van der Waals surface area contributed by atoms with Gasteiger partial charge >= 0.3 is 0 Å². The summed E-state index contributed by atoms with van der Waals surface area (Å²) in [5.74, 6) is 0. The molecule has 1 aromatic rings. The fourth-order valence-corrected chi connectivity index (χ4v) is 3.47. The summed E-state index contributed by atoms with van der Waals surface area (Å²) in [4.78, 5) is 0.356. The molecule has 2 N–H and O–H groups in total. The number of aryl methyl sites for hydroxylation is 2. The molecule has 0 radical (unpaired) electrons. The SMILES string of the molecule is Cc1ccc(S(=O)(=O)NCC[C@H]2CCCN2)cc1C. The number of hydrogen-bond donors (Lipinski definition) is 2. The van der Waals surface area contributed by atoms with Crippen molar-refractivity contribution < 1.29 is 8.42 Å². The van der Waals surface area contributed by atoms with Gasteiger partial charge in [0.25, 0.3) is 0 Å². The Hall–Kier alpha value is -0.910. The monoisotopic (exact) mass is 282 g/mol. The van der Waals surface area contributed by atoms with Crippen molar-refractivity contribution in [2.24, 2.45) is 0 Å². The lowest BCUT2D eigenvalue weighted by molar-refractivity contribution is 0.539. The Balaban J connectivity index is 1.95. The van der Waals surface area contributed by atoms with E-state index in [2.05, 4.69) is 10.0 Å². The highest BCUT2D eigenvalue weighted by Crippen LogP contribution is 2.15. The molecule has 1 aliphatic heterocycles. The molecule has 2 rings (SSSR count). The van der Waals surface area contributed by atoms with E-state index in [1.54, 1.807) is 12.1 Å². The molecule has 4 nitrogen and oxygen atoms in total. The third-order valence-corrected chi connectivity index (χ3v) is 5.19. The van der Waals surface area contributed by atoms with Crippen LogP contribution < -0.4 is 10.0 Å². The molecule has 0 spiro atoms. The molecule has 0 amide bonds. The first kappa shape index (κ1) is 14.5. The molecule has 1 heterocycles. The Morgan fingerprint density at radius 3 is 2.74 bits per heavy atom. The number of nitrogens with one attached hydrogen (secondary N) is 2. The van der Waals surface area contributed by atoms with Crippen LogP contribution in [-0.4, -0.2) is 27.5 Å². The zero-order valence-corrected chi connectivity index (χ0v) is 12.4. The van der Waals surface area contributed by atoms with E-state index in [-0.39, 0.29) is 0 Å². The number of benzene rings is 1. The van der Waals surface area contributed by atoms with E-state index in [4.69, 9.17) is 0 Å². The topological polar surface area (TPSA) is 58.2 Å². The summed E-state index contributed by atoms with van der Waals surface area (Å²) in [6.45, 7) is 5.45. The predicted molar refractivity (Wildman–Crippen MR) is 76.7 cm³/mol. The molecule has 1 saturated heterocycles. The molecule has 106 valence electrons. The molecule has 1 aromatic carbocycles. The second-order valence-electron chi connectivity index (χ2n) is 5.23.